The zero-order chi connectivity index (χ0) is 22.7. The summed E-state index contributed by atoms with van der Waals surface area (Å²) in [5, 5.41) is 15.8. The zero-order valence-corrected chi connectivity index (χ0v) is 18.1. The van der Waals surface area contributed by atoms with Crippen LogP contribution in [0.3, 0.4) is 0 Å². The molecule has 1 fully saturated rings. The molecule has 0 amide bonds. The van der Waals surface area contributed by atoms with E-state index in [2.05, 4.69) is 10.5 Å². The first kappa shape index (κ1) is 22.0. The molecule has 2 heterocycles. The molecule has 170 valence electrons. The fourth-order valence-electron chi connectivity index (χ4n) is 3.33. The molecule has 2 aromatic rings. The molecule has 0 atom stereocenters. The first-order chi connectivity index (χ1) is 15.4. The monoisotopic (exact) mass is 462 g/mol. The van der Waals surface area contributed by atoms with Gasteiger partial charge in [0.05, 0.1) is 28.7 Å². The maximum atomic E-state index is 12.8. The van der Waals surface area contributed by atoms with Crippen LogP contribution < -0.4 is 14.9 Å². The maximum Gasteiger partial charge on any atom is 0.295 e. The minimum absolute atomic E-state index is 0.0767. The first-order valence-electron chi connectivity index (χ1n) is 9.93. The van der Waals surface area contributed by atoms with Crippen LogP contribution in [0.1, 0.15) is 12.5 Å². The van der Waals surface area contributed by atoms with Crippen molar-refractivity contribution >= 4 is 27.1 Å². The molecule has 11 nitrogen and oxygen atoms in total. The second-order valence-corrected chi connectivity index (χ2v) is 9.06. The molecule has 2 aliphatic heterocycles. The van der Waals surface area contributed by atoms with Gasteiger partial charge in [0, 0.05) is 24.7 Å². The molecule has 2 aromatic carbocycles. The highest BCUT2D eigenvalue weighted by Crippen LogP contribution is 2.32. The van der Waals surface area contributed by atoms with Crippen LogP contribution in [0.5, 0.6) is 11.5 Å². The van der Waals surface area contributed by atoms with E-state index >= 15 is 0 Å². The van der Waals surface area contributed by atoms with E-state index in [-0.39, 0.29) is 36.9 Å². The highest BCUT2D eigenvalue weighted by molar-refractivity contribution is 7.89. The van der Waals surface area contributed by atoms with Gasteiger partial charge in [-0.1, -0.05) is 0 Å². The van der Waals surface area contributed by atoms with Gasteiger partial charge in [0.15, 0.2) is 11.5 Å². The summed E-state index contributed by atoms with van der Waals surface area (Å²) in [5.74, 6) is 1.25. The summed E-state index contributed by atoms with van der Waals surface area (Å²) >= 11 is 0. The fraction of sp³-hybridized carbons (Fsp3) is 0.350. The lowest BCUT2D eigenvalue weighted by Gasteiger charge is -2.26. The van der Waals surface area contributed by atoms with Crippen LogP contribution in [0.15, 0.2) is 46.4 Å². The summed E-state index contributed by atoms with van der Waals surface area (Å²) in [6.07, 6.45) is 0. The third-order valence-electron chi connectivity index (χ3n) is 5.08. The molecular weight excluding hydrogens is 440 g/mol. The molecule has 4 rings (SSSR count). The van der Waals surface area contributed by atoms with Crippen molar-refractivity contribution in [1.82, 2.24) is 4.31 Å². The summed E-state index contributed by atoms with van der Waals surface area (Å²) < 4.78 is 43.1. The predicted octanol–water partition coefficient (Wildman–Crippen LogP) is 2.22. The predicted molar refractivity (Wildman–Crippen MR) is 116 cm³/mol. The van der Waals surface area contributed by atoms with Crippen molar-refractivity contribution < 1.29 is 27.6 Å². The highest BCUT2D eigenvalue weighted by Gasteiger charge is 2.29. The van der Waals surface area contributed by atoms with Gasteiger partial charge in [-0.15, -0.1) is 0 Å². The van der Waals surface area contributed by atoms with Gasteiger partial charge in [-0.2, -0.15) is 9.41 Å². The molecule has 12 heteroatoms. The molecule has 1 N–H and O–H groups in total. The number of fused-ring (bicyclic) bond motifs is 1. The van der Waals surface area contributed by atoms with E-state index in [9.17, 15) is 18.5 Å². The first-order valence-corrected chi connectivity index (χ1v) is 11.4. The summed E-state index contributed by atoms with van der Waals surface area (Å²) in [4.78, 5) is 10.8. The highest BCUT2D eigenvalue weighted by atomic mass is 32.2. The Labute approximate surface area is 184 Å². The number of benzene rings is 2. The smallest absolute Gasteiger partial charge is 0.295 e. The third kappa shape index (κ3) is 4.52. The second-order valence-electron chi connectivity index (χ2n) is 7.12. The fourth-order valence-corrected chi connectivity index (χ4v) is 4.76. The minimum Gasteiger partial charge on any atom is -0.486 e. The van der Waals surface area contributed by atoms with Gasteiger partial charge in [-0.3, -0.25) is 15.5 Å². The van der Waals surface area contributed by atoms with E-state index in [1.807, 2.05) is 0 Å². The van der Waals surface area contributed by atoms with Gasteiger partial charge in [0.1, 0.15) is 18.9 Å². The molecule has 0 radical (unpaired) electrons. The SMILES string of the molecule is C/C(=N/Nc1ccc(S(=O)(=O)N2CCOCC2)cc1[N+](=O)[O-])c1ccc2c(c1)OCCO2. The number of nitro groups is 1. The molecule has 0 saturated carbocycles. The number of hydrogen-bond acceptors (Lipinski definition) is 9. The van der Waals surface area contributed by atoms with Gasteiger partial charge >= 0.3 is 0 Å². The average molecular weight is 462 g/mol. The quantitative estimate of drug-likeness (QED) is 0.393. The van der Waals surface area contributed by atoms with Crippen molar-refractivity contribution in [3.63, 3.8) is 0 Å². The zero-order valence-electron chi connectivity index (χ0n) is 17.3. The Balaban J connectivity index is 1.57. The molecule has 32 heavy (non-hydrogen) atoms. The van der Waals surface area contributed by atoms with Gasteiger partial charge in [-0.25, -0.2) is 8.42 Å². The van der Waals surface area contributed by atoms with Crippen LogP contribution in [-0.2, 0) is 14.8 Å². The van der Waals surface area contributed by atoms with E-state index < -0.39 is 20.6 Å². The van der Waals surface area contributed by atoms with Crippen LogP contribution in [0.25, 0.3) is 0 Å². The number of anilines is 1. The van der Waals surface area contributed by atoms with E-state index in [4.69, 9.17) is 14.2 Å². The van der Waals surface area contributed by atoms with Crippen LogP contribution in [-0.4, -0.2) is 62.9 Å². The standard InChI is InChI=1S/C20H22N4O7S/c1-14(15-2-5-19-20(12-15)31-11-10-30-19)21-22-17-4-3-16(13-18(17)24(25)26)32(27,28)23-6-8-29-9-7-23/h2-5,12-13,22H,6-11H2,1H3/b21-14-. The molecule has 0 spiro atoms. The van der Waals surface area contributed by atoms with Crippen molar-refractivity contribution in [3.8, 4) is 11.5 Å². The largest absolute Gasteiger partial charge is 0.486 e. The number of morpholine rings is 1. The average Bonchev–Trinajstić information content (AvgIpc) is 2.82. The number of sulfonamides is 1. The topological polar surface area (TPSA) is 133 Å². The van der Waals surface area contributed by atoms with E-state index in [0.29, 0.717) is 30.4 Å². The van der Waals surface area contributed by atoms with E-state index in [1.54, 1.807) is 25.1 Å². The molecule has 0 aliphatic carbocycles. The van der Waals surface area contributed by atoms with Crippen molar-refractivity contribution in [2.75, 3.05) is 44.9 Å². The van der Waals surface area contributed by atoms with Gasteiger partial charge < -0.3 is 14.2 Å². The Morgan fingerprint density at radius 2 is 1.78 bits per heavy atom. The van der Waals surface area contributed by atoms with Gasteiger partial charge in [0.25, 0.3) is 5.69 Å². The normalized spacial score (nSPS) is 17.1. The Hall–Kier alpha value is -3.22. The lowest BCUT2D eigenvalue weighted by atomic mass is 10.1. The van der Waals surface area contributed by atoms with Crippen LogP contribution >= 0.6 is 0 Å². The Bertz CT molecular complexity index is 1160. The van der Waals surface area contributed by atoms with Crippen LogP contribution in [0.2, 0.25) is 0 Å². The number of hydrazone groups is 1. The summed E-state index contributed by atoms with van der Waals surface area (Å²) in [7, 11) is -3.86. The van der Waals surface area contributed by atoms with Crippen LogP contribution in [0.4, 0.5) is 11.4 Å². The summed E-state index contributed by atoms with van der Waals surface area (Å²) in [5.41, 5.74) is 3.67. The third-order valence-corrected chi connectivity index (χ3v) is 6.97. The van der Waals surface area contributed by atoms with Crippen LogP contribution in [0, 0.1) is 10.1 Å². The van der Waals surface area contributed by atoms with Gasteiger partial charge in [-0.05, 0) is 37.3 Å². The number of nitrogens with zero attached hydrogens (tertiary/aromatic N) is 3. The molecule has 1 saturated heterocycles. The van der Waals surface area contributed by atoms with Crippen molar-refractivity contribution in [2.24, 2.45) is 5.10 Å². The molecule has 2 aliphatic rings. The summed E-state index contributed by atoms with van der Waals surface area (Å²) in [6, 6.07) is 9.07. The molecule has 0 aromatic heterocycles. The minimum atomic E-state index is -3.86. The second kappa shape index (κ2) is 9.10. The molecule has 0 bridgehead atoms. The number of rotatable bonds is 6. The number of nitrogens with one attached hydrogen (secondary N) is 1. The Morgan fingerprint density at radius 3 is 2.50 bits per heavy atom. The van der Waals surface area contributed by atoms with Crippen molar-refractivity contribution in [1.29, 1.82) is 0 Å². The molecule has 0 unspecified atom stereocenters. The Kier molecular flexibility index (Phi) is 6.26. The van der Waals surface area contributed by atoms with E-state index in [0.717, 1.165) is 11.6 Å². The molecular formula is C20H22N4O7S. The number of ether oxygens (including phenoxy) is 3. The summed E-state index contributed by atoms with van der Waals surface area (Å²) in [6.45, 7) is 3.66. The van der Waals surface area contributed by atoms with Gasteiger partial charge in [0.2, 0.25) is 10.0 Å². The number of nitro benzene ring substituents is 1. The van der Waals surface area contributed by atoms with E-state index in [1.165, 1.54) is 16.4 Å². The van der Waals surface area contributed by atoms with Crippen molar-refractivity contribution in [2.45, 2.75) is 11.8 Å². The number of hydrogen-bond donors (Lipinski definition) is 1. The Morgan fingerprint density at radius 1 is 1.06 bits per heavy atom. The van der Waals surface area contributed by atoms with Crippen molar-refractivity contribution in [3.05, 3.63) is 52.1 Å². The maximum absolute atomic E-state index is 12.8. The lowest BCUT2D eigenvalue weighted by Crippen LogP contribution is -2.40. The lowest BCUT2D eigenvalue weighted by molar-refractivity contribution is -0.384.